The zero-order chi connectivity index (χ0) is 19.0. The topological polar surface area (TPSA) is 61.4 Å². The van der Waals surface area contributed by atoms with Crippen molar-refractivity contribution >= 4 is 28.4 Å². The average Bonchev–Trinajstić information content (AvgIpc) is 3.10. The van der Waals surface area contributed by atoms with Gasteiger partial charge in [0.15, 0.2) is 5.16 Å². The molecule has 0 unspecified atom stereocenters. The zero-order valence-corrected chi connectivity index (χ0v) is 16.2. The van der Waals surface area contributed by atoms with E-state index in [1.165, 1.54) is 0 Å². The van der Waals surface area contributed by atoms with E-state index in [9.17, 15) is 4.79 Å². The third-order valence-corrected chi connectivity index (χ3v) is 5.61. The Labute approximate surface area is 160 Å². The lowest BCUT2D eigenvalue weighted by Crippen LogP contribution is -2.21. The molecule has 0 N–H and O–H groups in total. The molecule has 0 radical (unpaired) electrons. The van der Waals surface area contributed by atoms with Crippen molar-refractivity contribution < 1.29 is 4.74 Å². The number of thioether (sulfide) groups is 1. The molecule has 0 aliphatic heterocycles. The predicted octanol–water partition coefficient (Wildman–Crippen LogP) is 3.79. The summed E-state index contributed by atoms with van der Waals surface area (Å²) >= 11 is 1.65. The maximum absolute atomic E-state index is 13.3. The van der Waals surface area contributed by atoms with Gasteiger partial charge in [-0.15, -0.1) is 10.2 Å². The van der Waals surface area contributed by atoms with Gasteiger partial charge < -0.3 is 4.74 Å². The van der Waals surface area contributed by atoms with Crippen LogP contribution in [0.3, 0.4) is 0 Å². The van der Waals surface area contributed by atoms with Gasteiger partial charge in [-0.25, -0.2) is 4.57 Å². The first-order chi connectivity index (χ1) is 13.1. The van der Waals surface area contributed by atoms with Gasteiger partial charge in [-0.1, -0.05) is 43.8 Å². The number of rotatable bonds is 5. The van der Waals surface area contributed by atoms with Crippen LogP contribution in [-0.4, -0.2) is 32.0 Å². The van der Waals surface area contributed by atoms with Crippen molar-refractivity contribution in [2.75, 3.05) is 12.9 Å². The largest absolute Gasteiger partial charge is 0.497 e. The number of methoxy groups -OCH3 is 1. The molecule has 0 aliphatic rings. The van der Waals surface area contributed by atoms with Gasteiger partial charge in [0.25, 0.3) is 5.56 Å². The van der Waals surface area contributed by atoms with Crippen LogP contribution >= 0.6 is 11.8 Å². The summed E-state index contributed by atoms with van der Waals surface area (Å²) in [5.74, 6) is 2.63. The Hall–Kier alpha value is -2.80. The van der Waals surface area contributed by atoms with Crippen LogP contribution in [0.1, 0.15) is 13.8 Å². The van der Waals surface area contributed by atoms with Gasteiger partial charge in [0.05, 0.1) is 23.7 Å². The number of nitrogens with zero attached hydrogens (tertiary/aromatic N) is 4. The van der Waals surface area contributed by atoms with E-state index < -0.39 is 0 Å². The lowest BCUT2D eigenvalue weighted by atomic mass is 10.2. The molecule has 6 nitrogen and oxygen atoms in total. The van der Waals surface area contributed by atoms with Gasteiger partial charge in [-0.05, 0) is 30.2 Å². The second-order valence-corrected chi connectivity index (χ2v) is 7.67. The number of hydrogen-bond acceptors (Lipinski definition) is 5. The minimum absolute atomic E-state index is 0.126. The standard InChI is InChI=1S/C20H20N4O2S/c1-13(2)12-27-20-22-21-19-23(14-7-6-8-15(11-14)26-3)18(25)16-9-4-5-10-17(16)24(19)20/h4-11,13H,12H2,1-3H3. The van der Waals surface area contributed by atoms with Crippen LogP contribution in [-0.2, 0) is 0 Å². The number of para-hydroxylation sites is 1. The summed E-state index contributed by atoms with van der Waals surface area (Å²) in [6.07, 6.45) is 0. The molecule has 0 spiro atoms. The van der Waals surface area contributed by atoms with E-state index in [0.29, 0.717) is 28.5 Å². The Morgan fingerprint density at radius 3 is 2.70 bits per heavy atom. The first kappa shape index (κ1) is 17.6. The van der Waals surface area contributed by atoms with E-state index in [1.807, 2.05) is 52.9 Å². The summed E-state index contributed by atoms with van der Waals surface area (Å²) in [4.78, 5) is 13.3. The molecule has 138 valence electrons. The Balaban J connectivity index is 2.06. The van der Waals surface area contributed by atoms with Crippen molar-refractivity contribution in [2.24, 2.45) is 5.92 Å². The highest BCUT2D eigenvalue weighted by atomic mass is 32.2. The Bertz CT molecular complexity index is 1180. The lowest BCUT2D eigenvalue weighted by molar-refractivity contribution is 0.414. The number of hydrogen-bond donors (Lipinski definition) is 0. The minimum Gasteiger partial charge on any atom is -0.497 e. The van der Waals surface area contributed by atoms with E-state index in [-0.39, 0.29) is 5.56 Å². The van der Waals surface area contributed by atoms with Crippen LogP contribution in [0.4, 0.5) is 0 Å². The molecule has 0 aliphatic carbocycles. The SMILES string of the molecule is COc1cccc(-n2c(=O)c3ccccc3n3c(SCC(C)C)nnc23)c1. The Kier molecular flexibility index (Phi) is 4.61. The van der Waals surface area contributed by atoms with Crippen LogP contribution < -0.4 is 10.3 Å². The molecule has 0 amide bonds. The predicted molar refractivity (Wildman–Crippen MR) is 108 cm³/mol. The van der Waals surface area contributed by atoms with Crippen LogP contribution in [0.25, 0.3) is 22.4 Å². The normalized spacial score (nSPS) is 11.6. The summed E-state index contributed by atoms with van der Waals surface area (Å²) < 4.78 is 8.88. The van der Waals surface area contributed by atoms with E-state index >= 15 is 0 Å². The molecule has 0 saturated carbocycles. The molecule has 7 heteroatoms. The van der Waals surface area contributed by atoms with Crippen molar-refractivity contribution in [2.45, 2.75) is 19.0 Å². The fraction of sp³-hybridized carbons (Fsp3) is 0.250. The molecule has 2 aromatic heterocycles. The van der Waals surface area contributed by atoms with Gasteiger partial charge >= 0.3 is 0 Å². The molecule has 2 heterocycles. The lowest BCUT2D eigenvalue weighted by Gasteiger charge is -2.12. The molecular formula is C20H20N4O2S. The molecule has 0 saturated heterocycles. The van der Waals surface area contributed by atoms with Crippen LogP contribution in [0.2, 0.25) is 0 Å². The number of fused-ring (bicyclic) bond motifs is 3. The second-order valence-electron chi connectivity index (χ2n) is 6.68. The molecule has 2 aromatic carbocycles. The molecular weight excluding hydrogens is 360 g/mol. The van der Waals surface area contributed by atoms with Crippen LogP contribution in [0.5, 0.6) is 5.75 Å². The highest BCUT2D eigenvalue weighted by Gasteiger charge is 2.18. The number of aromatic nitrogens is 4. The number of ether oxygens (including phenoxy) is 1. The summed E-state index contributed by atoms with van der Waals surface area (Å²) in [5, 5.41) is 10.1. The number of benzene rings is 2. The highest BCUT2D eigenvalue weighted by molar-refractivity contribution is 7.99. The van der Waals surface area contributed by atoms with Crippen molar-refractivity contribution in [1.29, 1.82) is 0 Å². The maximum Gasteiger partial charge on any atom is 0.267 e. The molecule has 0 atom stereocenters. The van der Waals surface area contributed by atoms with Gasteiger partial charge in [0.2, 0.25) is 5.78 Å². The van der Waals surface area contributed by atoms with E-state index in [1.54, 1.807) is 23.4 Å². The van der Waals surface area contributed by atoms with Crippen molar-refractivity contribution in [3.8, 4) is 11.4 Å². The quantitative estimate of drug-likeness (QED) is 0.493. The molecule has 4 rings (SSSR count). The first-order valence-electron chi connectivity index (χ1n) is 8.76. The monoisotopic (exact) mass is 380 g/mol. The summed E-state index contributed by atoms with van der Waals surface area (Å²) in [6.45, 7) is 4.33. The van der Waals surface area contributed by atoms with Gasteiger partial charge in [-0.2, -0.15) is 0 Å². The third kappa shape index (κ3) is 3.08. The third-order valence-electron chi connectivity index (χ3n) is 4.25. The van der Waals surface area contributed by atoms with Crippen molar-refractivity contribution in [3.05, 3.63) is 58.9 Å². The van der Waals surface area contributed by atoms with Gasteiger partial charge in [0.1, 0.15) is 5.75 Å². The highest BCUT2D eigenvalue weighted by Crippen LogP contribution is 2.25. The average molecular weight is 380 g/mol. The smallest absolute Gasteiger partial charge is 0.267 e. The minimum atomic E-state index is -0.126. The van der Waals surface area contributed by atoms with E-state index in [2.05, 4.69) is 24.0 Å². The fourth-order valence-corrected chi connectivity index (χ4v) is 3.89. The van der Waals surface area contributed by atoms with E-state index in [0.717, 1.165) is 16.4 Å². The van der Waals surface area contributed by atoms with Crippen molar-refractivity contribution in [1.82, 2.24) is 19.2 Å². The molecule has 0 fully saturated rings. The zero-order valence-electron chi connectivity index (χ0n) is 15.4. The Morgan fingerprint density at radius 2 is 1.93 bits per heavy atom. The fourth-order valence-electron chi connectivity index (χ4n) is 3.00. The van der Waals surface area contributed by atoms with E-state index in [4.69, 9.17) is 4.74 Å². The summed E-state index contributed by atoms with van der Waals surface area (Å²) in [5.41, 5.74) is 1.38. The maximum atomic E-state index is 13.3. The van der Waals surface area contributed by atoms with Crippen LogP contribution in [0.15, 0.2) is 58.5 Å². The molecule has 0 bridgehead atoms. The van der Waals surface area contributed by atoms with Crippen molar-refractivity contribution in [3.63, 3.8) is 0 Å². The second kappa shape index (κ2) is 7.08. The van der Waals surface area contributed by atoms with Gasteiger partial charge in [0, 0.05) is 11.8 Å². The molecule has 27 heavy (non-hydrogen) atoms. The molecule has 4 aromatic rings. The van der Waals surface area contributed by atoms with Crippen LogP contribution in [0, 0.1) is 5.92 Å². The summed E-state index contributed by atoms with van der Waals surface area (Å²) in [7, 11) is 1.61. The first-order valence-corrected chi connectivity index (χ1v) is 9.75. The summed E-state index contributed by atoms with van der Waals surface area (Å²) in [6, 6.07) is 15.0. The van der Waals surface area contributed by atoms with Gasteiger partial charge in [-0.3, -0.25) is 9.20 Å². The Morgan fingerprint density at radius 1 is 1.11 bits per heavy atom.